The number of piperidine rings is 1. The lowest BCUT2D eigenvalue weighted by Gasteiger charge is -2.31. The summed E-state index contributed by atoms with van der Waals surface area (Å²) in [7, 11) is -3.50. The van der Waals surface area contributed by atoms with Crippen molar-refractivity contribution in [1.82, 2.24) is 14.5 Å². The number of benzene rings is 2. The van der Waals surface area contributed by atoms with E-state index in [9.17, 15) is 13.2 Å². The van der Waals surface area contributed by atoms with Gasteiger partial charge < -0.3 is 10.1 Å². The topological polar surface area (TPSA) is 79.0 Å². The van der Waals surface area contributed by atoms with E-state index in [0.29, 0.717) is 36.5 Å². The van der Waals surface area contributed by atoms with E-state index < -0.39 is 10.0 Å². The first kappa shape index (κ1) is 25.1. The Hall–Kier alpha value is -1.97. The summed E-state index contributed by atoms with van der Waals surface area (Å²) in [5.41, 5.74) is 2.96. The number of nitrogens with zero attached hydrogens (tertiary/aromatic N) is 2. The molecule has 2 fully saturated rings. The number of halogens is 1. The van der Waals surface area contributed by atoms with Crippen LogP contribution in [-0.2, 0) is 38.4 Å². The smallest absolute Gasteiger partial charge is 0.224 e. The molecule has 9 heteroatoms. The second-order valence-electron chi connectivity index (χ2n) is 9.00. The summed E-state index contributed by atoms with van der Waals surface area (Å²) in [4.78, 5) is 15.2. The molecule has 2 aliphatic heterocycles. The zero-order chi connectivity index (χ0) is 24.0. The molecule has 7 nitrogen and oxygen atoms in total. The van der Waals surface area contributed by atoms with E-state index >= 15 is 0 Å². The van der Waals surface area contributed by atoms with Gasteiger partial charge in [-0.25, -0.2) is 12.7 Å². The maximum atomic E-state index is 12.9. The van der Waals surface area contributed by atoms with Crippen LogP contribution in [0.3, 0.4) is 0 Å². The largest absolute Gasteiger partial charge is 0.379 e. The van der Waals surface area contributed by atoms with E-state index in [1.807, 2.05) is 12.1 Å². The standard InChI is InChI=1S/C25H32ClN3O4S/c26-24-9-7-22(8-10-24)19-34(31,32)29-11-1-2-23(18-29)25(30)27-16-20-3-5-21(6-4-20)17-28-12-14-33-15-13-28/h3-10,23H,1-2,11-19H2,(H,27,30). The second kappa shape index (κ2) is 11.6. The number of sulfonamides is 1. The number of nitrogens with one attached hydrogen (secondary N) is 1. The lowest BCUT2D eigenvalue weighted by molar-refractivity contribution is -0.126. The Kier molecular flexibility index (Phi) is 8.60. The van der Waals surface area contributed by atoms with Crippen LogP contribution in [0.15, 0.2) is 48.5 Å². The van der Waals surface area contributed by atoms with Gasteiger partial charge in [-0.1, -0.05) is 48.0 Å². The van der Waals surface area contributed by atoms with E-state index in [1.54, 1.807) is 24.3 Å². The number of amides is 1. The van der Waals surface area contributed by atoms with Crippen LogP contribution in [0.1, 0.15) is 29.5 Å². The van der Waals surface area contributed by atoms with Gasteiger partial charge in [0.15, 0.2) is 0 Å². The minimum absolute atomic E-state index is 0.0880. The van der Waals surface area contributed by atoms with Crippen LogP contribution in [-0.4, -0.2) is 62.9 Å². The Morgan fingerprint density at radius 3 is 2.32 bits per heavy atom. The van der Waals surface area contributed by atoms with Crippen molar-refractivity contribution in [2.45, 2.75) is 31.7 Å². The molecule has 2 aromatic carbocycles. The van der Waals surface area contributed by atoms with Crippen molar-refractivity contribution in [3.8, 4) is 0 Å². The molecule has 1 unspecified atom stereocenters. The van der Waals surface area contributed by atoms with Gasteiger partial charge in [-0.05, 0) is 41.7 Å². The summed E-state index contributed by atoms with van der Waals surface area (Å²) in [6, 6.07) is 15.1. The highest BCUT2D eigenvalue weighted by Crippen LogP contribution is 2.22. The molecule has 4 rings (SSSR count). The molecule has 2 saturated heterocycles. The van der Waals surface area contributed by atoms with Gasteiger partial charge in [0, 0.05) is 44.3 Å². The van der Waals surface area contributed by atoms with Gasteiger partial charge in [-0.15, -0.1) is 0 Å². The van der Waals surface area contributed by atoms with Crippen molar-refractivity contribution >= 4 is 27.5 Å². The Balaban J connectivity index is 1.27. The predicted octanol–water partition coefficient (Wildman–Crippen LogP) is 3.03. The highest BCUT2D eigenvalue weighted by atomic mass is 35.5. The molecule has 1 atom stereocenters. The highest BCUT2D eigenvalue weighted by molar-refractivity contribution is 7.88. The molecule has 0 aliphatic carbocycles. The minimum Gasteiger partial charge on any atom is -0.379 e. The van der Waals surface area contributed by atoms with Crippen LogP contribution in [0.5, 0.6) is 0 Å². The number of morpholine rings is 1. The Bertz CT molecular complexity index is 1050. The van der Waals surface area contributed by atoms with Crippen LogP contribution in [0.4, 0.5) is 0 Å². The van der Waals surface area contributed by atoms with Crippen LogP contribution >= 0.6 is 11.6 Å². The maximum absolute atomic E-state index is 12.9. The van der Waals surface area contributed by atoms with Crippen molar-refractivity contribution < 1.29 is 17.9 Å². The number of carbonyl (C=O) groups excluding carboxylic acids is 1. The van der Waals surface area contributed by atoms with Gasteiger partial charge in [-0.2, -0.15) is 0 Å². The Morgan fingerprint density at radius 2 is 1.62 bits per heavy atom. The molecule has 184 valence electrons. The SMILES string of the molecule is O=C(NCc1ccc(CN2CCOCC2)cc1)C1CCCN(S(=O)(=O)Cc2ccc(Cl)cc2)C1. The number of rotatable bonds is 8. The summed E-state index contributed by atoms with van der Waals surface area (Å²) in [5, 5.41) is 3.57. The lowest BCUT2D eigenvalue weighted by Crippen LogP contribution is -2.45. The first-order valence-corrected chi connectivity index (χ1v) is 13.8. The molecule has 0 aromatic heterocycles. The summed E-state index contributed by atoms with van der Waals surface area (Å²) >= 11 is 5.90. The predicted molar refractivity (Wildman–Crippen MR) is 133 cm³/mol. The van der Waals surface area contributed by atoms with E-state index in [2.05, 4.69) is 22.3 Å². The third-order valence-electron chi connectivity index (χ3n) is 6.41. The van der Waals surface area contributed by atoms with E-state index in [1.165, 1.54) is 9.87 Å². The number of carbonyl (C=O) groups is 1. The third-order valence-corrected chi connectivity index (χ3v) is 8.48. The van der Waals surface area contributed by atoms with Crippen LogP contribution in [0, 0.1) is 5.92 Å². The fourth-order valence-electron chi connectivity index (χ4n) is 4.41. The summed E-state index contributed by atoms with van der Waals surface area (Å²) in [6.45, 7) is 5.47. The van der Waals surface area contributed by atoms with Gasteiger partial charge in [0.2, 0.25) is 15.9 Å². The van der Waals surface area contributed by atoms with Crippen molar-refractivity contribution in [3.05, 3.63) is 70.2 Å². The molecule has 34 heavy (non-hydrogen) atoms. The van der Waals surface area contributed by atoms with Gasteiger partial charge in [0.1, 0.15) is 0 Å². The van der Waals surface area contributed by atoms with E-state index in [4.69, 9.17) is 16.3 Å². The van der Waals surface area contributed by atoms with Crippen LogP contribution < -0.4 is 5.32 Å². The van der Waals surface area contributed by atoms with Gasteiger partial charge in [-0.3, -0.25) is 9.69 Å². The van der Waals surface area contributed by atoms with Gasteiger partial charge in [0.25, 0.3) is 0 Å². The minimum atomic E-state index is -3.50. The molecule has 2 aliphatic rings. The number of ether oxygens (including phenoxy) is 1. The molecule has 0 bridgehead atoms. The zero-order valence-corrected chi connectivity index (χ0v) is 20.9. The average Bonchev–Trinajstić information content (AvgIpc) is 2.85. The zero-order valence-electron chi connectivity index (χ0n) is 19.3. The summed E-state index contributed by atoms with van der Waals surface area (Å²) in [5.74, 6) is -0.520. The van der Waals surface area contributed by atoms with Crippen molar-refractivity contribution in [1.29, 1.82) is 0 Å². The molecule has 2 heterocycles. The van der Waals surface area contributed by atoms with Crippen LogP contribution in [0.2, 0.25) is 5.02 Å². The number of hydrogen-bond donors (Lipinski definition) is 1. The average molecular weight is 506 g/mol. The number of hydrogen-bond acceptors (Lipinski definition) is 5. The highest BCUT2D eigenvalue weighted by Gasteiger charge is 2.32. The molecular weight excluding hydrogens is 474 g/mol. The molecule has 1 amide bonds. The Labute approximate surface area is 207 Å². The van der Waals surface area contributed by atoms with Crippen molar-refractivity contribution in [2.75, 3.05) is 39.4 Å². The normalized spacial score (nSPS) is 20.2. The van der Waals surface area contributed by atoms with Gasteiger partial charge in [0.05, 0.1) is 24.9 Å². The Morgan fingerprint density at radius 1 is 0.971 bits per heavy atom. The first-order valence-electron chi connectivity index (χ1n) is 11.8. The fourth-order valence-corrected chi connectivity index (χ4v) is 6.14. The molecule has 2 aromatic rings. The van der Waals surface area contributed by atoms with E-state index in [0.717, 1.165) is 38.4 Å². The molecular formula is C25H32ClN3O4S. The van der Waals surface area contributed by atoms with Crippen molar-refractivity contribution in [3.63, 3.8) is 0 Å². The van der Waals surface area contributed by atoms with Crippen molar-refractivity contribution in [2.24, 2.45) is 5.92 Å². The summed E-state index contributed by atoms with van der Waals surface area (Å²) in [6.07, 6.45) is 1.37. The van der Waals surface area contributed by atoms with Gasteiger partial charge >= 0.3 is 0 Å². The first-order chi connectivity index (χ1) is 16.4. The third kappa shape index (κ3) is 7.02. The fraction of sp³-hybridized carbons (Fsp3) is 0.480. The molecule has 0 saturated carbocycles. The van der Waals surface area contributed by atoms with E-state index in [-0.39, 0.29) is 24.1 Å². The maximum Gasteiger partial charge on any atom is 0.224 e. The second-order valence-corrected chi connectivity index (χ2v) is 11.4. The molecule has 0 spiro atoms. The molecule has 0 radical (unpaired) electrons. The van der Waals surface area contributed by atoms with Crippen LogP contribution in [0.25, 0.3) is 0 Å². The quantitative estimate of drug-likeness (QED) is 0.596. The summed E-state index contributed by atoms with van der Waals surface area (Å²) < 4.78 is 32.7. The molecule has 1 N–H and O–H groups in total. The lowest BCUT2D eigenvalue weighted by atomic mass is 9.98. The monoisotopic (exact) mass is 505 g/mol.